The van der Waals surface area contributed by atoms with Crippen LogP contribution in [-0.4, -0.2) is 22.8 Å². The van der Waals surface area contributed by atoms with Crippen LogP contribution in [-0.2, 0) is 0 Å². The van der Waals surface area contributed by atoms with Crippen molar-refractivity contribution in [3.05, 3.63) is 60.9 Å². The number of thioether (sulfide) groups is 1. The summed E-state index contributed by atoms with van der Waals surface area (Å²) in [6, 6.07) is 16.3. The van der Waals surface area contributed by atoms with E-state index in [-0.39, 0.29) is 0 Å². The third-order valence-electron chi connectivity index (χ3n) is 4.10. The SMILES string of the molecule is CCSc1cnc2ccccc2c1Sc1cnc2ccccc2c1OC. The highest BCUT2D eigenvalue weighted by Crippen LogP contribution is 2.44. The van der Waals surface area contributed by atoms with Gasteiger partial charge in [-0.3, -0.25) is 9.97 Å². The molecule has 0 unspecified atom stereocenters. The smallest absolute Gasteiger partial charge is 0.143 e. The Hall–Kier alpha value is -2.24. The van der Waals surface area contributed by atoms with Crippen LogP contribution < -0.4 is 4.74 Å². The van der Waals surface area contributed by atoms with Crippen molar-refractivity contribution in [2.24, 2.45) is 0 Å². The van der Waals surface area contributed by atoms with Crippen molar-refractivity contribution in [1.82, 2.24) is 9.97 Å². The van der Waals surface area contributed by atoms with Crippen LogP contribution in [0, 0.1) is 0 Å². The number of benzene rings is 2. The van der Waals surface area contributed by atoms with Crippen molar-refractivity contribution in [2.75, 3.05) is 12.9 Å². The Morgan fingerprint density at radius 3 is 2.15 bits per heavy atom. The Bertz CT molecular complexity index is 1080. The van der Waals surface area contributed by atoms with Crippen molar-refractivity contribution in [1.29, 1.82) is 0 Å². The minimum atomic E-state index is 0.869. The van der Waals surface area contributed by atoms with Crippen LogP contribution in [0.4, 0.5) is 0 Å². The zero-order chi connectivity index (χ0) is 17.9. The largest absolute Gasteiger partial charge is 0.495 e. The van der Waals surface area contributed by atoms with Crippen molar-refractivity contribution in [2.45, 2.75) is 21.6 Å². The molecule has 4 rings (SSSR count). The molecule has 2 heterocycles. The van der Waals surface area contributed by atoms with Crippen LogP contribution in [0.2, 0.25) is 0 Å². The number of ether oxygens (including phenoxy) is 1. The summed E-state index contributed by atoms with van der Waals surface area (Å²) >= 11 is 3.51. The zero-order valence-corrected chi connectivity index (χ0v) is 16.2. The van der Waals surface area contributed by atoms with Crippen LogP contribution in [0.3, 0.4) is 0 Å². The van der Waals surface area contributed by atoms with Gasteiger partial charge in [-0.1, -0.05) is 49.0 Å². The van der Waals surface area contributed by atoms with Crippen LogP contribution >= 0.6 is 23.5 Å². The number of pyridine rings is 2. The summed E-state index contributed by atoms with van der Waals surface area (Å²) in [5.74, 6) is 1.87. The number of rotatable bonds is 5. The molecule has 2 aromatic carbocycles. The number of fused-ring (bicyclic) bond motifs is 2. The Morgan fingerprint density at radius 1 is 0.846 bits per heavy atom. The fourth-order valence-corrected chi connectivity index (χ4v) is 4.98. The first-order valence-corrected chi connectivity index (χ1v) is 10.2. The van der Waals surface area contributed by atoms with Crippen LogP contribution in [0.15, 0.2) is 75.6 Å². The van der Waals surface area contributed by atoms with Crippen LogP contribution in [0.1, 0.15) is 6.92 Å². The standard InChI is InChI=1S/C21H18N2OS2/c1-3-25-19-13-23-17-11-7-5-9-15(17)21(19)26-18-12-22-16-10-6-4-8-14(16)20(18)24-2/h4-13H,3H2,1-2H3. The highest BCUT2D eigenvalue weighted by Gasteiger charge is 2.15. The normalized spacial score (nSPS) is 11.2. The summed E-state index contributed by atoms with van der Waals surface area (Å²) in [5, 5.41) is 2.19. The van der Waals surface area contributed by atoms with Gasteiger partial charge in [-0.15, -0.1) is 11.8 Å². The molecular formula is C21H18N2OS2. The lowest BCUT2D eigenvalue weighted by Gasteiger charge is -2.14. The maximum Gasteiger partial charge on any atom is 0.143 e. The molecule has 0 saturated heterocycles. The van der Waals surface area contributed by atoms with Gasteiger partial charge in [0.2, 0.25) is 0 Å². The molecule has 4 aromatic rings. The van der Waals surface area contributed by atoms with E-state index in [0.29, 0.717) is 0 Å². The molecule has 0 radical (unpaired) electrons. The molecule has 3 nitrogen and oxygen atoms in total. The van der Waals surface area contributed by atoms with E-state index in [1.807, 2.05) is 48.4 Å². The van der Waals surface area contributed by atoms with Crippen molar-refractivity contribution in [3.63, 3.8) is 0 Å². The fourth-order valence-electron chi connectivity index (χ4n) is 2.95. The van der Waals surface area contributed by atoms with Crippen molar-refractivity contribution >= 4 is 45.3 Å². The van der Waals surface area contributed by atoms with E-state index in [1.165, 1.54) is 9.79 Å². The van der Waals surface area contributed by atoms with Gasteiger partial charge in [-0.05, 0) is 24.0 Å². The highest BCUT2D eigenvalue weighted by atomic mass is 32.2. The molecule has 0 amide bonds. The molecule has 0 spiro atoms. The summed E-state index contributed by atoms with van der Waals surface area (Å²) in [5.41, 5.74) is 1.94. The second-order valence-electron chi connectivity index (χ2n) is 5.68. The maximum atomic E-state index is 5.76. The predicted molar refractivity (Wildman–Crippen MR) is 111 cm³/mol. The van der Waals surface area contributed by atoms with E-state index >= 15 is 0 Å². The highest BCUT2D eigenvalue weighted by molar-refractivity contribution is 8.02. The Kier molecular flexibility index (Phi) is 5.00. The van der Waals surface area contributed by atoms with Gasteiger partial charge < -0.3 is 4.74 Å². The fraction of sp³-hybridized carbons (Fsp3) is 0.143. The first-order valence-electron chi connectivity index (χ1n) is 8.42. The first kappa shape index (κ1) is 17.2. The van der Waals surface area contributed by atoms with Gasteiger partial charge in [0.1, 0.15) is 5.75 Å². The summed E-state index contributed by atoms with van der Waals surface area (Å²) in [4.78, 5) is 12.6. The number of methoxy groups -OCH3 is 1. The topological polar surface area (TPSA) is 35.0 Å². The molecule has 0 N–H and O–H groups in total. The lowest BCUT2D eigenvalue weighted by Crippen LogP contribution is -1.92. The van der Waals surface area contributed by atoms with Crippen LogP contribution in [0.25, 0.3) is 21.8 Å². The summed E-state index contributed by atoms with van der Waals surface area (Å²) in [6.07, 6.45) is 3.88. The molecule has 26 heavy (non-hydrogen) atoms. The first-order chi connectivity index (χ1) is 12.8. The molecule has 0 aliphatic heterocycles. The van der Waals surface area contributed by atoms with E-state index < -0.39 is 0 Å². The number of hydrogen-bond acceptors (Lipinski definition) is 5. The second kappa shape index (κ2) is 7.56. The Balaban J connectivity index is 1.89. The quantitative estimate of drug-likeness (QED) is 0.395. The summed E-state index contributed by atoms with van der Waals surface area (Å²) in [6.45, 7) is 2.16. The molecule has 0 fully saturated rings. The lowest BCUT2D eigenvalue weighted by atomic mass is 10.2. The molecule has 0 saturated carbocycles. The molecule has 5 heteroatoms. The van der Waals surface area contributed by atoms with Gasteiger partial charge >= 0.3 is 0 Å². The van der Waals surface area contributed by atoms with E-state index in [4.69, 9.17) is 4.74 Å². The minimum absolute atomic E-state index is 0.869. The average molecular weight is 379 g/mol. The number of nitrogens with zero attached hydrogens (tertiary/aromatic N) is 2. The summed E-state index contributed by atoms with van der Waals surface area (Å²) in [7, 11) is 1.72. The molecule has 2 aromatic heterocycles. The number of para-hydroxylation sites is 2. The van der Waals surface area contributed by atoms with Gasteiger partial charge in [0, 0.05) is 33.0 Å². The van der Waals surface area contributed by atoms with Gasteiger partial charge in [0.25, 0.3) is 0 Å². The van der Waals surface area contributed by atoms with E-state index in [1.54, 1.807) is 18.9 Å². The third-order valence-corrected chi connectivity index (χ3v) is 6.30. The van der Waals surface area contributed by atoms with Gasteiger partial charge in [-0.2, -0.15) is 0 Å². The van der Waals surface area contributed by atoms with Crippen LogP contribution in [0.5, 0.6) is 5.75 Å². The zero-order valence-electron chi connectivity index (χ0n) is 14.6. The molecule has 0 aliphatic carbocycles. The predicted octanol–water partition coefficient (Wildman–Crippen LogP) is 6.05. The second-order valence-corrected chi connectivity index (χ2v) is 8.03. The average Bonchev–Trinajstić information content (AvgIpc) is 2.69. The lowest BCUT2D eigenvalue weighted by molar-refractivity contribution is 0.409. The van der Waals surface area contributed by atoms with Gasteiger partial charge in [0.15, 0.2) is 0 Å². The van der Waals surface area contributed by atoms with Gasteiger partial charge in [0.05, 0.1) is 23.0 Å². The molecule has 0 bridgehead atoms. The molecule has 0 atom stereocenters. The Labute approximate surface area is 161 Å². The molecule has 130 valence electrons. The Morgan fingerprint density at radius 2 is 1.46 bits per heavy atom. The van der Waals surface area contributed by atoms with Crippen molar-refractivity contribution in [3.8, 4) is 5.75 Å². The van der Waals surface area contributed by atoms with Gasteiger partial charge in [-0.25, -0.2) is 0 Å². The number of aromatic nitrogens is 2. The monoisotopic (exact) mass is 378 g/mol. The third kappa shape index (κ3) is 3.13. The van der Waals surface area contributed by atoms with E-state index in [2.05, 4.69) is 41.2 Å². The van der Waals surface area contributed by atoms with Crippen molar-refractivity contribution < 1.29 is 4.74 Å². The van der Waals surface area contributed by atoms with E-state index in [0.717, 1.165) is 38.2 Å². The summed E-state index contributed by atoms with van der Waals surface area (Å²) < 4.78 is 5.76. The molecule has 0 aliphatic rings. The minimum Gasteiger partial charge on any atom is -0.495 e. The molecular weight excluding hydrogens is 360 g/mol. The maximum absolute atomic E-state index is 5.76. The van der Waals surface area contributed by atoms with E-state index in [9.17, 15) is 0 Å². The number of hydrogen-bond donors (Lipinski definition) is 0.